The molecule has 0 aliphatic rings. The quantitative estimate of drug-likeness (QED) is 0.658. The fraction of sp³-hybridized carbons (Fsp3) is 0.250. The predicted octanol–water partition coefficient (Wildman–Crippen LogP) is 4.53. The summed E-state index contributed by atoms with van der Waals surface area (Å²) in [6.45, 7) is 2.21. The summed E-state index contributed by atoms with van der Waals surface area (Å²) in [5, 5.41) is 0. The Hall–Kier alpha value is -1.68. The van der Waals surface area contributed by atoms with Crippen molar-refractivity contribution in [3.05, 3.63) is 52.9 Å². The molecule has 3 nitrogen and oxygen atoms in total. The van der Waals surface area contributed by atoms with Gasteiger partial charge in [-0.2, -0.15) is 0 Å². The standard InChI is InChI=1S/C16H16BrN3/c1-2-3-5-12-8-9-14-13(10-12)18-11-20(14)16-7-4-6-15(17)19-16/h4,6-11H,2-3,5H2,1H3. The SMILES string of the molecule is CCCCc1ccc2c(c1)ncn2-c1cccc(Br)n1. The summed E-state index contributed by atoms with van der Waals surface area (Å²) >= 11 is 3.41. The van der Waals surface area contributed by atoms with Crippen LogP contribution in [0.25, 0.3) is 16.9 Å². The van der Waals surface area contributed by atoms with Gasteiger partial charge < -0.3 is 0 Å². The van der Waals surface area contributed by atoms with Crippen molar-refractivity contribution < 1.29 is 0 Å². The van der Waals surface area contributed by atoms with E-state index in [-0.39, 0.29) is 0 Å². The lowest BCUT2D eigenvalue weighted by atomic mass is 10.1. The topological polar surface area (TPSA) is 30.7 Å². The molecule has 0 radical (unpaired) electrons. The largest absolute Gasteiger partial charge is 0.283 e. The van der Waals surface area contributed by atoms with Gasteiger partial charge in [-0.15, -0.1) is 0 Å². The van der Waals surface area contributed by atoms with Crippen LogP contribution in [-0.4, -0.2) is 14.5 Å². The zero-order valence-corrected chi connectivity index (χ0v) is 13.0. The van der Waals surface area contributed by atoms with Gasteiger partial charge in [0.25, 0.3) is 0 Å². The smallest absolute Gasteiger partial charge is 0.139 e. The number of hydrogen-bond acceptors (Lipinski definition) is 2. The van der Waals surface area contributed by atoms with E-state index in [9.17, 15) is 0 Å². The van der Waals surface area contributed by atoms with E-state index >= 15 is 0 Å². The van der Waals surface area contributed by atoms with Crippen LogP contribution in [0.5, 0.6) is 0 Å². The first-order valence-corrected chi connectivity index (χ1v) is 7.66. The number of nitrogens with zero attached hydrogens (tertiary/aromatic N) is 3. The maximum Gasteiger partial charge on any atom is 0.139 e. The van der Waals surface area contributed by atoms with Gasteiger partial charge in [-0.1, -0.05) is 25.5 Å². The van der Waals surface area contributed by atoms with Gasteiger partial charge in [0.05, 0.1) is 11.0 Å². The van der Waals surface area contributed by atoms with Crippen molar-refractivity contribution in [2.75, 3.05) is 0 Å². The zero-order valence-electron chi connectivity index (χ0n) is 11.4. The summed E-state index contributed by atoms with van der Waals surface area (Å²) in [7, 11) is 0. The lowest BCUT2D eigenvalue weighted by Crippen LogP contribution is -1.95. The molecule has 3 rings (SSSR count). The van der Waals surface area contributed by atoms with Gasteiger partial charge in [0.2, 0.25) is 0 Å². The van der Waals surface area contributed by atoms with Crippen LogP contribution in [0.1, 0.15) is 25.3 Å². The molecular weight excluding hydrogens is 314 g/mol. The second-order valence-electron chi connectivity index (χ2n) is 4.86. The Bertz CT molecular complexity index is 733. The van der Waals surface area contributed by atoms with Gasteiger partial charge in [-0.3, -0.25) is 4.57 Å². The van der Waals surface area contributed by atoms with E-state index < -0.39 is 0 Å². The van der Waals surface area contributed by atoms with Crippen molar-refractivity contribution in [1.82, 2.24) is 14.5 Å². The van der Waals surface area contributed by atoms with E-state index in [1.165, 1.54) is 18.4 Å². The van der Waals surface area contributed by atoms with E-state index in [4.69, 9.17) is 0 Å². The molecule has 0 saturated heterocycles. The van der Waals surface area contributed by atoms with Crippen molar-refractivity contribution in [3.63, 3.8) is 0 Å². The molecule has 3 aromatic rings. The van der Waals surface area contributed by atoms with Crippen molar-refractivity contribution in [2.24, 2.45) is 0 Å². The first-order valence-electron chi connectivity index (χ1n) is 6.87. The van der Waals surface area contributed by atoms with Crippen LogP contribution in [0.2, 0.25) is 0 Å². The minimum absolute atomic E-state index is 0.830. The number of aryl methyl sites for hydroxylation is 1. The Morgan fingerprint density at radius 3 is 2.90 bits per heavy atom. The van der Waals surface area contributed by atoms with Crippen LogP contribution in [0.15, 0.2) is 47.3 Å². The van der Waals surface area contributed by atoms with Gasteiger partial charge in [0.1, 0.15) is 16.7 Å². The number of aromatic nitrogens is 3. The molecule has 0 atom stereocenters. The maximum absolute atomic E-state index is 4.50. The summed E-state index contributed by atoms with van der Waals surface area (Å²) < 4.78 is 2.85. The molecular formula is C16H16BrN3. The van der Waals surface area contributed by atoms with Crippen molar-refractivity contribution >= 4 is 27.0 Å². The second-order valence-corrected chi connectivity index (χ2v) is 5.67. The number of benzene rings is 1. The number of halogens is 1. The zero-order chi connectivity index (χ0) is 13.9. The third-order valence-corrected chi connectivity index (χ3v) is 3.82. The monoisotopic (exact) mass is 329 g/mol. The van der Waals surface area contributed by atoms with Gasteiger partial charge in [-0.05, 0) is 58.6 Å². The van der Waals surface area contributed by atoms with E-state index in [2.05, 4.69) is 51.0 Å². The predicted molar refractivity (Wildman–Crippen MR) is 85.2 cm³/mol. The molecule has 0 aliphatic heterocycles. The molecule has 0 unspecified atom stereocenters. The highest BCUT2D eigenvalue weighted by Crippen LogP contribution is 2.20. The lowest BCUT2D eigenvalue weighted by Gasteiger charge is -2.04. The average molecular weight is 330 g/mol. The van der Waals surface area contributed by atoms with E-state index in [0.29, 0.717) is 0 Å². The first-order chi connectivity index (χ1) is 9.78. The summed E-state index contributed by atoms with van der Waals surface area (Å²) in [5.74, 6) is 0.878. The normalized spacial score (nSPS) is 11.1. The van der Waals surface area contributed by atoms with E-state index in [1.54, 1.807) is 0 Å². The number of unbranched alkanes of at least 4 members (excludes halogenated alkanes) is 1. The van der Waals surface area contributed by atoms with E-state index in [0.717, 1.165) is 27.9 Å². The van der Waals surface area contributed by atoms with Crippen LogP contribution >= 0.6 is 15.9 Å². The molecule has 102 valence electrons. The molecule has 0 amide bonds. The molecule has 0 bridgehead atoms. The molecule has 0 saturated carbocycles. The number of fused-ring (bicyclic) bond motifs is 1. The number of hydrogen-bond donors (Lipinski definition) is 0. The molecule has 4 heteroatoms. The molecule has 20 heavy (non-hydrogen) atoms. The van der Waals surface area contributed by atoms with Crippen LogP contribution in [-0.2, 0) is 6.42 Å². The van der Waals surface area contributed by atoms with Crippen LogP contribution in [0.4, 0.5) is 0 Å². The number of imidazole rings is 1. The lowest BCUT2D eigenvalue weighted by molar-refractivity contribution is 0.796. The third-order valence-electron chi connectivity index (χ3n) is 3.38. The second kappa shape index (κ2) is 5.75. The average Bonchev–Trinajstić information content (AvgIpc) is 2.88. The minimum Gasteiger partial charge on any atom is -0.283 e. The van der Waals surface area contributed by atoms with E-state index in [1.807, 2.05) is 29.1 Å². The van der Waals surface area contributed by atoms with Gasteiger partial charge in [0.15, 0.2) is 0 Å². The van der Waals surface area contributed by atoms with Crippen LogP contribution < -0.4 is 0 Å². The maximum atomic E-state index is 4.50. The Morgan fingerprint density at radius 1 is 1.20 bits per heavy atom. The summed E-state index contributed by atoms with van der Waals surface area (Å²) in [4.78, 5) is 8.98. The van der Waals surface area contributed by atoms with Crippen molar-refractivity contribution in [1.29, 1.82) is 0 Å². The molecule has 2 heterocycles. The fourth-order valence-corrected chi connectivity index (χ4v) is 2.64. The van der Waals surface area contributed by atoms with Crippen LogP contribution in [0, 0.1) is 0 Å². The van der Waals surface area contributed by atoms with Gasteiger partial charge >= 0.3 is 0 Å². The Labute approximate surface area is 126 Å². The summed E-state index contributed by atoms with van der Waals surface area (Å²) in [6, 6.07) is 12.4. The third kappa shape index (κ3) is 2.61. The summed E-state index contributed by atoms with van der Waals surface area (Å²) in [6.07, 6.45) is 5.39. The van der Waals surface area contributed by atoms with Gasteiger partial charge in [0, 0.05) is 0 Å². The molecule has 0 aliphatic carbocycles. The Morgan fingerprint density at radius 2 is 2.10 bits per heavy atom. The Balaban J connectivity index is 2.01. The fourth-order valence-electron chi connectivity index (χ4n) is 2.31. The van der Waals surface area contributed by atoms with Gasteiger partial charge in [-0.25, -0.2) is 9.97 Å². The highest BCUT2D eigenvalue weighted by molar-refractivity contribution is 9.10. The molecule has 0 fully saturated rings. The first kappa shape index (κ1) is 13.3. The minimum atomic E-state index is 0.830. The van der Waals surface area contributed by atoms with Crippen molar-refractivity contribution in [3.8, 4) is 5.82 Å². The number of pyridine rings is 1. The number of rotatable bonds is 4. The van der Waals surface area contributed by atoms with Crippen LogP contribution in [0.3, 0.4) is 0 Å². The summed E-state index contributed by atoms with van der Waals surface area (Å²) in [5.41, 5.74) is 3.48. The molecule has 2 aromatic heterocycles. The highest BCUT2D eigenvalue weighted by Gasteiger charge is 2.06. The molecule has 0 spiro atoms. The highest BCUT2D eigenvalue weighted by atomic mass is 79.9. The molecule has 1 aromatic carbocycles. The van der Waals surface area contributed by atoms with Crippen molar-refractivity contribution in [2.45, 2.75) is 26.2 Å². The molecule has 0 N–H and O–H groups in total. The Kier molecular flexibility index (Phi) is 3.83.